The van der Waals surface area contributed by atoms with E-state index in [1.165, 1.54) is 0 Å². The molecule has 0 radical (unpaired) electrons. The maximum atomic E-state index is 0. The maximum Gasteiger partial charge on any atom is 0 e. The van der Waals surface area contributed by atoms with Gasteiger partial charge in [0.05, 0.1) is 0 Å². The number of rotatable bonds is 0. The molecular formula is CH7N2Zn-3. The zero-order valence-corrected chi connectivity index (χ0v) is 5.83. The van der Waals surface area contributed by atoms with Gasteiger partial charge in [-0.15, -0.1) is 0 Å². The minimum atomic E-state index is 0. The summed E-state index contributed by atoms with van der Waals surface area (Å²) in [5.74, 6) is 0. The SMILES string of the molecule is [CH3-].[NH2-].[NH2-].[Zn]. The van der Waals surface area contributed by atoms with Crippen LogP contribution in [0.1, 0.15) is 0 Å². The summed E-state index contributed by atoms with van der Waals surface area (Å²) in [6.45, 7) is 0. The topological polar surface area (TPSA) is 67.0 Å². The standard InChI is InChI=1S/CH3.2H2N.Zn/h1H3;2*1H2;/q3*-1;. The summed E-state index contributed by atoms with van der Waals surface area (Å²) in [6.07, 6.45) is 0. The molecule has 4 heavy (non-hydrogen) atoms. The van der Waals surface area contributed by atoms with E-state index in [1.54, 1.807) is 0 Å². The van der Waals surface area contributed by atoms with Gasteiger partial charge < -0.3 is 19.7 Å². The third-order valence-electron chi connectivity index (χ3n) is 0. The summed E-state index contributed by atoms with van der Waals surface area (Å²) in [7, 11) is 0. The Morgan fingerprint density at radius 1 is 0.750 bits per heavy atom. The molecule has 3 heteroatoms. The third kappa shape index (κ3) is 20.5. The van der Waals surface area contributed by atoms with Crippen LogP contribution in [0, 0.1) is 7.43 Å². The Balaban J connectivity index is 0. The summed E-state index contributed by atoms with van der Waals surface area (Å²) in [5, 5.41) is 0. The van der Waals surface area contributed by atoms with Gasteiger partial charge >= 0.3 is 0 Å². The molecule has 26 valence electrons. The molecule has 0 aromatic carbocycles. The van der Waals surface area contributed by atoms with Gasteiger partial charge in [0.25, 0.3) is 0 Å². The summed E-state index contributed by atoms with van der Waals surface area (Å²) in [5.41, 5.74) is 0. The fourth-order valence-electron chi connectivity index (χ4n) is 0. The van der Waals surface area contributed by atoms with Gasteiger partial charge in [0.1, 0.15) is 0 Å². The average Bonchev–Trinajstić information content (AvgIpc) is 0. The van der Waals surface area contributed by atoms with Crippen molar-refractivity contribution in [1.29, 1.82) is 0 Å². The Labute approximate surface area is 39.9 Å². The van der Waals surface area contributed by atoms with E-state index < -0.39 is 0 Å². The molecule has 0 atom stereocenters. The molecule has 0 aromatic rings. The Morgan fingerprint density at radius 2 is 0.750 bits per heavy atom. The van der Waals surface area contributed by atoms with Gasteiger partial charge in [-0.05, 0) is 0 Å². The molecule has 0 fully saturated rings. The minimum Gasteiger partial charge on any atom is -0.693 e. The second-order valence-electron chi connectivity index (χ2n) is 0. The molecule has 0 unspecified atom stereocenters. The van der Waals surface area contributed by atoms with Crippen LogP contribution in [0.25, 0.3) is 12.3 Å². The van der Waals surface area contributed by atoms with Crippen molar-refractivity contribution in [2.24, 2.45) is 0 Å². The third-order valence-corrected chi connectivity index (χ3v) is 0. The molecule has 0 saturated heterocycles. The van der Waals surface area contributed by atoms with Gasteiger partial charge in [0.2, 0.25) is 0 Å². The van der Waals surface area contributed by atoms with E-state index >= 15 is 0 Å². The van der Waals surface area contributed by atoms with Gasteiger partial charge in [0.15, 0.2) is 0 Å². The van der Waals surface area contributed by atoms with Crippen LogP contribution in [-0.2, 0) is 19.5 Å². The number of nitrogens with two attached hydrogens (primary N) is 2. The molecule has 0 aliphatic heterocycles. The first kappa shape index (κ1) is 193. The van der Waals surface area contributed by atoms with Gasteiger partial charge in [-0.25, -0.2) is 0 Å². The maximum absolute atomic E-state index is 0. The molecule has 0 aliphatic rings. The van der Waals surface area contributed by atoms with Crippen LogP contribution in [0.2, 0.25) is 0 Å². The van der Waals surface area contributed by atoms with E-state index in [0.717, 1.165) is 0 Å². The van der Waals surface area contributed by atoms with Gasteiger partial charge in [-0.1, -0.05) is 0 Å². The Morgan fingerprint density at radius 3 is 0.750 bits per heavy atom. The molecule has 2 nitrogen and oxygen atoms in total. The van der Waals surface area contributed by atoms with Crippen LogP contribution in [0.4, 0.5) is 0 Å². The Bertz CT molecular complexity index is 6.00. The Hall–Kier alpha value is 0.543. The summed E-state index contributed by atoms with van der Waals surface area (Å²) in [6, 6.07) is 0. The van der Waals surface area contributed by atoms with Crippen LogP contribution >= 0.6 is 0 Å². The smallest absolute Gasteiger partial charge is 0 e. The van der Waals surface area contributed by atoms with Crippen LogP contribution in [-0.4, -0.2) is 0 Å². The largest absolute Gasteiger partial charge is 0.693 e. The number of hydrogen-bond donors (Lipinski definition) is 0. The average molecular weight is 112 g/mol. The van der Waals surface area contributed by atoms with Crippen molar-refractivity contribution in [2.45, 2.75) is 0 Å². The second kappa shape index (κ2) is 77.6. The Kier molecular flexibility index (Phi) is 3750. The fourth-order valence-corrected chi connectivity index (χ4v) is 0. The second-order valence-corrected chi connectivity index (χ2v) is 0. The molecule has 4 N–H and O–H groups in total. The predicted molar refractivity (Wildman–Crippen MR) is 17.0 cm³/mol. The van der Waals surface area contributed by atoms with E-state index in [1.807, 2.05) is 0 Å². The van der Waals surface area contributed by atoms with Crippen molar-refractivity contribution in [1.82, 2.24) is 0 Å². The monoisotopic (exact) mass is 111 g/mol. The summed E-state index contributed by atoms with van der Waals surface area (Å²) < 4.78 is 0. The minimum absolute atomic E-state index is 0. The zero-order valence-electron chi connectivity index (χ0n) is 2.86. The molecule has 0 aromatic heterocycles. The van der Waals surface area contributed by atoms with Gasteiger partial charge in [0, 0.05) is 19.5 Å². The van der Waals surface area contributed by atoms with Crippen molar-refractivity contribution in [3.63, 3.8) is 0 Å². The van der Waals surface area contributed by atoms with Gasteiger partial charge in [-0.2, -0.15) is 0 Å². The van der Waals surface area contributed by atoms with Crippen molar-refractivity contribution in [3.05, 3.63) is 19.7 Å². The molecule has 0 amide bonds. The van der Waals surface area contributed by atoms with E-state index in [4.69, 9.17) is 0 Å². The van der Waals surface area contributed by atoms with Gasteiger partial charge in [-0.3, -0.25) is 0 Å². The van der Waals surface area contributed by atoms with E-state index in [-0.39, 0.29) is 39.2 Å². The van der Waals surface area contributed by atoms with Crippen LogP contribution in [0.3, 0.4) is 0 Å². The van der Waals surface area contributed by atoms with Crippen molar-refractivity contribution < 1.29 is 19.5 Å². The van der Waals surface area contributed by atoms with Crippen LogP contribution < -0.4 is 0 Å². The van der Waals surface area contributed by atoms with Crippen LogP contribution in [0.15, 0.2) is 0 Å². The molecule has 0 aliphatic carbocycles. The number of hydrogen-bond acceptors (Lipinski definition) is 0. The molecule has 0 rings (SSSR count). The first-order valence-electron chi connectivity index (χ1n) is 0. The quantitative estimate of drug-likeness (QED) is 0.339. The first-order valence-corrected chi connectivity index (χ1v) is 0. The normalized spacial score (nSPS) is 0. The first-order chi connectivity index (χ1) is 0. The van der Waals surface area contributed by atoms with E-state index in [2.05, 4.69) is 0 Å². The molecule has 0 spiro atoms. The van der Waals surface area contributed by atoms with Crippen molar-refractivity contribution >= 4 is 0 Å². The molecule has 0 heterocycles. The van der Waals surface area contributed by atoms with Crippen molar-refractivity contribution in [2.75, 3.05) is 0 Å². The van der Waals surface area contributed by atoms with Crippen LogP contribution in [0.5, 0.6) is 0 Å². The summed E-state index contributed by atoms with van der Waals surface area (Å²) in [4.78, 5) is 0. The molecule has 0 bridgehead atoms. The molecular weight excluding hydrogens is 105 g/mol. The fraction of sp³-hybridized carbons (Fsp3) is 0. The predicted octanol–water partition coefficient (Wildman–Crippen LogP) is 1.88. The zero-order chi connectivity index (χ0) is 0. The molecule has 0 saturated carbocycles. The summed E-state index contributed by atoms with van der Waals surface area (Å²) >= 11 is 0. The van der Waals surface area contributed by atoms with E-state index in [9.17, 15) is 0 Å². The van der Waals surface area contributed by atoms with Crippen molar-refractivity contribution in [3.8, 4) is 0 Å². The van der Waals surface area contributed by atoms with E-state index in [0.29, 0.717) is 0 Å².